The number of nitrogens with one attached hydrogen (secondary N) is 1. The fraction of sp³-hybridized carbons (Fsp3) is 0.316. The van der Waals surface area contributed by atoms with Crippen LogP contribution in [0.2, 0.25) is 0 Å². The monoisotopic (exact) mass is 464 g/mol. The molecule has 9 heteroatoms. The Labute approximate surface area is 175 Å². The van der Waals surface area contributed by atoms with Crippen LogP contribution in [0.3, 0.4) is 0 Å². The third-order valence-corrected chi connectivity index (χ3v) is 5.22. The second-order valence-electron chi connectivity index (χ2n) is 7.04. The molecule has 0 radical (unpaired) electrons. The van der Waals surface area contributed by atoms with E-state index in [-0.39, 0.29) is 0 Å². The van der Waals surface area contributed by atoms with Crippen molar-refractivity contribution in [3.8, 4) is 17.0 Å². The molecule has 3 aromatic rings. The fourth-order valence-electron chi connectivity index (χ4n) is 2.41. The quantitative estimate of drug-likeness (QED) is 0.562. The molecule has 0 unspecified atom stereocenters. The molecule has 0 aliphatic carbocycles. The Morgan fingerprint density at radius 1 is 1.29 bits per heavy atom. The number of methoxy groups -OCH3 is 1. The molecule has 148 valence electrons. The van der Waals surface area contributed by atoms with Crippen molar-refractivity contribution in [2.45, 2.75) is 32.9 Å². The molecule has 2 aromatic heterocycles. The van der Waals surface area contributed by atoms with Crippen LogP contribution >= 0.6 is 27.3 Å². The number of halogens is 1. The lowest BCUT2D eigenvalue weighted by atomic mass is 10.2. The molecule has 0 atom stereocenters. The van der Waals surface area contributed by atoms with E-state index in [0.717, 1.165) is 26.4 Å². The Balaban J connectivity index is 1.70. The maximum atomic E-state index is 11.9. The number of hydrogen-bond acceptors (Lipinski definition) is 6. The first-order valence-electron chi connectivity index (χ1n) is 8.55. The van der Waals surface area contributed by atoms with Gasteiger partial charge in [-0.05, 0) is 54.4 Å². The van der Waals surface area contributed by atoms with Gasteiger partial charge in [-0.2, -0.15) is 5.10 Å². The number of carbonyl (C=O) groups is 1. The number of aromatic nitrogens is 3. The molecule has 0 aliphatic rings. The third-order valence-electron chi connectivity index (χ3n) is 3.60. The average Bonchev–Trinajstić information content (AvgIpc) is 3.20. The smallest absolute Gasteiger partial charge is 0.413 e. The molecule has 3 rings (SSSR count). The second-order valence-corrected chi connectivity index (χ2v) is 9.36. The third kappa shape index (κ3) is 5.32. The summed E-state index contributed by atoms with van der Waals surface area (Å²) >= 11 is 4.83. The Bertz CT molecular complexity index is 960. The van der Waals surface area contributed by atoms with E-state index in [1.165, 1.54) is 11.3 Å². The van der Waals surface area contributed by atoms with E-state index < -0.39 is 11.7 Å². The maximum absolute atomic E-state index is 11.9. The Morgan fingerprint density at radius 2 is 2.00 bits per heavy atom. The zero-order valence-electron chi connectivity index (χ0n) is 16.0. The van der Waals surface area contributed by atoms with Crippen molar-refractivity contribution in [1.82, 2.24) is 14.8 Å². The van der Waals surface area contributed by atoms with Gasteiger partial charge in [0, 0.05) is 11.8 Å². The topological polar surface area (TPSA) is 78.3 Å². The summed E-state index contributed by atoms with van der Waals surface area (Å²) in [5, 5.41) is 7.53. The van der Waals surface area contributed by atoms with Gasteiger partial charge in [0.1, 0.15) is 17.0 Å². The molecule has 0 saturated carbocycles. The van der Waals surface area contributed by atoms with Crippen molar-refractivity contribution in [1.29, 1.82) is 0 Å². The summed E-state index contributed by atoms with van der Waals surface area (Å²) in [6, 6.07) is 7.85. The molecule has 0 fully saturated rings. The summed E-state index contributed by atoms with van der Waals surface area (Å²) in [5.41, 5.74) is 2.12. The lowest BCUT2D eigenvalue weighted by Gasteiger charge is -2.18. The van der Waals surface area contributed by atoms with Crippen molar-refractivity contribution in [2.75, 3.05) is 12.4 Å². The van der Waals surface area contributed by atoms with E-state index in [1.807, 2.05) is 55.9 Å². The lowest BCUT2D eigenvalue weighted by molar-refractivity contribution is 0.0636. The number of ether oxygens (including phenoxy) is 2. The van der Waals surface area contributed by atoms with Crippen LogP contribution in [0.25, 0.3) is 11.3 Å². The number of rotatable bonds is 5. The van der Waals surface area contributed by atoms with Crippen molar-refractivity contribution < 1.29 is 14.3 Å². The number of benzene rings is 1. The zero-order valence-corrected chi connectivity index (χ0v) is 18.4. The number of nitrogens with zero attached hydrogens (tertiary/aromatic N) is 3. The van der Waals surface area contributed by atoms with Gasteiger partial charge in [-0.1, -0.05) is 23.5 Å². The van der Waals surface area contributed by atoms with E-state index in [9.17, 15) is 4.79 Å². The molecule has 7 nitrogen and oxygen atoms in total. The summed E-state index contributed by atoms with van der Waals surface area (Å²) in [6.45, 7) is 6.07. The second kappa shape index (κ2) is 8.32. The van der Waals surface area contributed by atoms with Crippen LogP contribution < -0.4 is 10.1 Å². The fourth-order valence-corrected chi connectivity index (χ4v) is 3.89. The van der Waals surface area contributed by atoms with Crippen LogP contribution in [0.4, 0.5) is 9.93 Å². The number of hydrogen-bond donors (Lipinski definition) is 1. The number of thiazole rings is 1. The summed E-state index contributed by atoms with van der Waals surface area (Å²) in [6.07, 6.45) is 3.14. The minimum absolute atomic E-state index is 0.457. The van der Waals surface area contributed by atoms with E-state index in [2.05, 4.69) is 31.3 Å². The standard InChI is InChI=1S/C19H21BrN4O3S/c1-19(2,3)27-18(25)23-17-22-15(16(20)28-17)13-9-21-24(11-13)10-12-5-7-14(26-4)8-6-12/h5-9,11H,10H2,1-4H3,(H,22,23,25). The van der Waals surface area contributed by atoms with Crippen LogP contribution in [0.1, 0.15) is 26.3 Å². The van der Waals surface area contributed by atoms with E-state index in [0.29, 0.717) is 11.7 Å². The highest BCUT2D eigenvalue weighted by atomic mass is 79.9. The normalized spacial score (nSPS) is 11.3. The highest BCUT2D eigenvalue weighted by Gasteiger charge is 2.19. The van der Waals surface area contributed by atoms with Gasteiger partial charge < -0.3 is 9.47 Å². The largest absolute Gasteiger partial charge is 0.497 e. The van der Waals surface area contributed by atoms with Gasteiger partial charge >= 0.3 is 6.09 Å². The van der Waals surface area contributed by atoms with Gasteiger partial charge in [0.05, 0.1) is 23.6 Å². The minimum atomic E-state index is -0.565. The predicted molar refractivity (Wildman–Crippen MR) is 113 cm³/mol. The van der Waals surface area contributed by atoms with Crippen LogP contribution in [0.15, 0.2) is 40.4 Å². The highest BCUT2D eigenvalue weighted by molar-refractivity contribution is 9.11. The summed E-state index contributed by atoms with van der Waals surface area (Å²) < 4.78 is 13.1. The summed E-state index contributed by atoms with van der Waals surface area (Å²) in [7, 11) is 1.65. The first-order valence-corrected chi connectivity index (χ1v) is 10.2. The van der Waals surface area contributed by atoms with Crippen LogP contribution in [0, 0.1) is 0 Å². The summed E-state index contributed by atoms with van der Waals surface area (Å²) in [4.78, 5) is 16.4. The van der Waals surface area contributed by atoms with E-state index in [1.54, 1.807) is 13.3 Å². The van der Waals surface area contributed by atoms with Crippen molar-refractivity contribution >= 4 is 38.5 Å². The molecular weight excluding hydrogens is 444 g/mol. The highest BCUT2D eigenvalue weighted by Crippen LogP contribution is 2.35. The van der Waals surface area contributed by atoms with Gasteiger partial charge in [-0.15, -0.1) is 0 Å². The first-order chi connectivity index (χ1) is 13.2. The van der Waals surface area contributed by atoms with E-state index >= 15 is 0 Å². The van der Waals surface area contributed by atoms with Gasteiger partial charge in [0.25, 0.3) is 0 Å². The number of anilines is 1. The molecule has 1 N–H and O–H groups in total. The van der Waals surface area contributed by atoms with Crippen molar-refractivity contribution in [3.63, 3.8) is 0 Å². The van der Waals surface area contributed by atoms with Gasteiger partial charge in [-0.25, -0.2) is 9.78 Å². The number of carbonyl (C=O) groups excluding carboxylic acids is 1. The Hall–Kier alpha value is -2.39. The van der Waals surface area contributed by atoms with Crippen molar-refractivity contribution in [2.24, 2.45) is 0 Å². The molecule has 28 heavy (non-hydrogen) atoms. The van der Waals surface area contributed by atoms with Crippen LogP contribution in [-0.2, 0) is 11.3 Å². The Morgan fingerprint density at radius 3 is 2.64 bits per heavy atom. The van der Waals surface area contributed by atoms with Gasteiger partial charge in [0.15, 0.2) is 5.13 Å². The molecular formula is C19H21BrN4O3S. The van der Waals surface area contributed by atoms with Crippen LogP contribution in [-0.4, -0.2) is 33.6 Å². The molecule has 0 spiro atoms. The molecule has 2 heterocycles. The SMILES string of the molecule is COc1ccc(Cn2cc(-c3nc(NC(=O)OC(C)(C)C)sc3Br)cn2)cc1. The predicted octanol–water partition coefficient (Wildman–Crippen LogP) is 5.17. The zero-order chi connectivity index (χ0) is 20.3. The number of amides is 1. The summed E-state index contributed by atoms with van der Waals surface area (Å²) in [5.74, 6) is 0.821. The molecule has 0 bridgehead atoms. The molecule has 1 aromatic carbocycles. The van der Waals surface area contributed by atoms with E-state index in [4.69, 9.17) is 9.47 Å². The Kier molecular flexibility index (Phi) is 6.04. The van der Waals surface area contributed by atoms with Crippen LogP contribution in [0.5, 0.6) is 5.75 Å². The van der Waals surface area contributed by atoms with Gasteiger partial charge in [-0.3, -0.25) is 10.00 Å². The minimum Gasteiger partial charge on any atom is -0.497 e. The van der Waals surface area contributed by atoms with Gasteiger partial charge in [0.2, 0.25) is 0 Å². The molecule has 0 aliphatic heterocycles. The lowest BCUT2D eigenvalue weighted by Crippen LogP contribution is -2.27. The van der Waals surface area contributed by atoms with Crippen molar-refractivity contribution in [3.05, 3.63) is 46.0 Å². The first kappa shape index (κ1) is 20.3. The molecule has 1 amide bonds. The molecule has 0 saturated heterocycles. The average molecular weight is 465 g/mol. The maximum Gasteiger partial charge on any atom is 0.413 e.